The lowest BCUT2D eigenvalue weighted by atomic mass is 10.2. The van der Waals surface area contributed by atoms with Crippen molar-refractivity contribution in [1.82, 2.24) is 0 Å². The van der Waals surface area contributed by atoms with E-state index in [9.17, 15) is 4.79 Å². The van der Waals surface area contributed by atoms with Crippen LogP contribution in [-0.4, -0.2) is 28.9 Å². The van der Waals surface area contributed by atoms with Gasteiger partial charge >= 0.3 is 5.97 Å². The Morgan fingerprint density at radius 3 is 2.67 bits per heavy atom. The number of carbonyl (C=O) groups is 1. The normalized spacial score (nSPS) is 11.0. The average molecular weight is 206 g/mol. The fourth-order valence-electron chi connectivity index (χ4n) is 0.928. The van der Waals surface area contributed by atoms with Crippen LogP contribution < -0.4 is 0 Å². The second kappa shape index (κ2) is 5.68. The third kappa shape index (κ3) is 3.71. The van der Waals surface area contributed by atoms with Crippen LogP contribution >= 0.6 is 0 Å². The molecule has 1 aromatic carbocycles. The highest BCUT2D eigenvalue weighted by molar-refractivity contribution is 5.89. The molecule has 1 rings (SSSR count). The molecule has 4 heteroatoms. The molecule has 0 radical (unpaired) electrons. The minimum Gasteiger partial charge on any atom is -0.462 e. The lowest BCUT2D eigenvalue weighted by molar-refractivity contribution is 0.0357. The van der Waals surface area contributed by atoms with E-state index in [1.54, 1.807) is 30.3 Å². The summed E-state index contributed by atoms with van der Waals surface area (Å²) < 4.78 is 4.74. The van der Waals surface area contributed by atoms with Gasteiger partial charge in [0.25, 0.3) is 0 Å². The van der Waals surface area contributed by atoms with E-state index in [0.29, 0.717) is 5.56 Å². The number of hydrogen-bond acceptors (Lipinski definition) is 4. The maximum atomic E-state index is 11.3. The Morgan fingerprint density at radius 2 is 2.07 bits per heavy atom. The number of aliphatic hydroxyl groups is 2. The summed E-state index contributed by atoms with van der Waals surface area (Å²) in [6.45, 7) is -0.263. The fraction of sp³-hybridized carbons (Fsp3) is 0.182. The van der Waals surface area contributed by atoms with Gasteiger partial charge < -0.3 is 14.9 Å². The van der Waals surface area contributed by atoms with Gasteiger partial charge in [0.15, 0.2) is 6.10 Å². The minimum atomic E-state index is -1.16. The Balaban J connectivity index is 2.46. The molecule has 1 aromatic rings. The van der Waals surface area contributed by atoms with Crippen molar-refractivity contribution >= 4 is 5.97 Å². The van der Waals surface area contributed by atoms with E-state index < -0.39 is 12.1 Å². The van der Waals surface area contributed by atoms with Crippen LogP contribution in [0.25, 0.3) is 0 Å². The maximum absolute atomic E-state index is 11.3. The van der Waals surface area contributed by atoms with Gasteiger partial charge in [-0.05, 0) is 18.1 Å². The van der Waals surface area contributed by atoms with Crippen LogP contribution in [0.4, 0.5) is 0 Å². The molecule has 0 bridgehead atoms. The average Bonchev–Trinajstić information content (AvgIpc) is 2.27. The van der Waals surface area contributed by atoms with Gasteiger partial charge in [-0.15, -0.1) is 0 Å². The highest BCUT2D eigenvalue weighted by Crippen LogP contribution is 2.01. The molecule has 2 N–H and O–H groups in total. The predicted molar refractivity (Wildman–Crippen MR) is 52.4 cm³/mol. The van der Waals surface area contributed by atoms with Crippen molar-refractivity contribution < 1.29 is 19.7 Å². The van der Waals surface area contributed by atoms with Crippen LogP contribution in [0, 0.1) is 12.0 Å². The van der Waals surface area contributed by atoms with Crippen LogP contribution in [0.5, 0.6) is 0 Å². The van der Waals surface area contributed by atoms with Gasteiger partial charge in [0.2, 0.25) is 0 Å². The Morgan fingerprint density at radius 1 is 1.40 bits per heavy atom. The Hall–Kier alpha value is -1.99. The van der Waals surface area contributed by atoms with Crippen LogP contribution in [0.2, 0.25) is 0 Å². The lowest BCUT2D eigenvalue weighted by Crippen LogP contribution is -2.16. The molecule has 0 saturated carbocycles. The molecule has 0 aliphatic rings. The van der Waals surface area contributed by atoms with Crippen molar-refractivity contribution in [3.8, 4) is 12.0 Å². The van der Waals surface area contributed by atoms with E-state index in [2.05, 4.69) is 0 Å². The third-order valence-corrected chi connectivity index (χ3v) is 1.61. The summed E-state index contributed by atoms with van der Waals surface area (Å²) >= 11 is 0. The summed E-state index contributed by atoms with van der Waals surface area (Å²) in [6, 6.07) is 8.41. The highest BCUT2D eigenvalue weighted by Gasteiger charge is 2.08. The van der Waals surface area contributed by atoms with E-state index in [4.69, 9.17) is 14.9 Å². The van der Waals surface area contributed by atoms with Gasteiger partial charge in [0.1, 0.15) is 12.7 Å². The van der Waals surface area contributed by atoms with Gasteiger partial charge in [-0.1, -0.05) is 18.2 Å². The zero-order chi connectivity index (χ0) is 11.1. The molecule has 0 saturated heterocycles. The van der Waals surface area contributed by atoms with Gasteiger partial charge in [-0.3, -0.25) is 0 Å². The molecular weight excluding hydrogens is 196 g/mol. The summed E-state index contributed by atoms with van der Waals surface area (Å²) in [4.78, 5) is 11.3. The Labute approximate surface area is 87.1 Å². The van der Waals surface area contributed by atoms with Crippen LogP contribution in [0.3, 0.4) is 0 Å². The van der Waals surface area contributed by atoms with Gasteiger partial charge in [0.05, 0.1) is 5.56 Å². The first-order chi connectivity index (χ1) is 7.24. The molecule has 4 nitrogen and oxygen atoms in total. The number of benzene rings is 1. The molecule has 78 valence electrons. The summed E-state index contributed by atoms with van der Waals surface area (Å²) in [5.74, 6) is 1.50. The summed E-state index contributed by atoms with van der Waals surface area (Å²) in [5, 5.41) is 17.2. The quantitative estimate of drug-likeness (QED) is 0.559. The monoisotopic (exact) mass is 206 g/mol. The van der Waals surface area contributed by atoms with Crippen LogP contribution in [0.1, 0.15) is 10.4 Å². The van der Waals surface area contributed by atoms with E-state index in [-0.39, 0.29) is 6.61 Å². The van der Waals surface area contributed by atoms with Crippen molar-refractivity contribution in [3.05, 3.63) is 35.9 Å². The van der Waals surface area contributed by atoms with E-state index in [0.717, 1.165) is 0 Å². The number of rotatable bonds is 3. The zero-order valence-corrected chi connectivity index (χ0v) is 7.88. The Kier molecular flexibility index (Phi) is 4.20. The van der Waals surface area contributed by atoms with E-state index >= 15 is 0 Å². The number of carbonyl (C=O) groups excluding carboxylic acids is 1. The van der Waals surface area contributed by atoms with Crippen LogP contribution in [-0.2, 0) is 4.74 Å². The number of esters is 1. The van der Waals surface area contributed by atoms with Crippen LogP contribution in [0.15, 0.2) is 30.3 Å². The molecule has 1 unspecified atom stereocenters. The van der Waals surface area contributed by atoms with Crippen molar-refractivity contribution in [2.75, 3.05) is 6.61 Å². The van der Waals surface area contributed by atoms with Gasteiger partial charge in [-0.2, -0.15) is 0 Å². The number of ether oxygens (including phenoxy) is 1. The summed E-state index contributed by atoms with van der Waals surface area (Å²) in [6.07, 6.45) is 0.375. The molecule has 0 aliphatic heterocycles. The standard InChI is InChI=1S/C11H10O4/c12-7-6-10(13)8-15-11(14)9-4-2-1-3-5-9/h1-5,10,12-13H,8H2. The van der Waals surface area contributed by atoms with Gasteiger partial charge in [-0.25, -0.2) is 4.79 Å². The molecule has 0 spiro atoms. The predicted octanol–water partition coefficient (Wildman–Crippen LogP) is 0.538. The largest absolute Gasteiger partial charge is 0.462 e. The van der Waals surface area contributed by atoms with Crippen molar-refractivity contribution in [1.29, 1.82) is 0 Å². The summed E-state index contributed by atoms with van der Waals surface area (Å²) in [7, 11) is 0. The smallest absolute Gasteiger partial charge is 0.338 e. The second-order valence-electron chi connectivity index (χ2n) is 2.74. The van der Waals surface area contributed by atoms with Crippen molar-refractivity contribution in [2.45, 2.75) is 6.10 Å². The van der Waals surface area contributed by atoms with Crippen molar-refractivity contribution in [2.24, 2.45) is 0 Å². The molecule has 0 aromatic heterocycles. The van der Waals surface area contributed by atoms with Gasteiger partial charge in [0, 0.05) is 0 Å². The first kappa shape index (κ1) is 11.1. The molecule has 0 amide bonds. The maximum Gasteiger partial charge on any atom is 0.338 e. The topological polar surface area (TPSA) is 66.8 Å². The number of aliphatic hydroxyl groups excluding tert-OH is 2. The molecule has 0 fully saturated rings. The zero-order valence-electron chi connectivity index (χ0n) is 7.88. The minimum absolute atomic E-state index is 0.263. The molecule has 0 aliphatic carbocycles. The molecular formula is C11H10O4. The highest BCUT2D eigenvalue weighted by atomic mass is 16.5. The van der Waals surface area contributed by atoms with E-state index in [1.807, 2.05) is 5.92 Å². The number of hydrogen-bond donors (Lipinski definition) is 2. The van der Waals surface area contributed by atoms with Crippen molar-refractivity contribution in [3.63, 3.8) is 0 Å². The van der Waals surface area contributed by atoms with E-state index in [1.165, 1.54) is 6.11 Å². The first-order valence-electron chi connectivity index (χ1n) is 4.29. The third-order valence-electron chi connectivity index (χ3n) is 1.61. The lowest BCUT2D eigenvalue weighted by Gasteiger charge is -2.05. The second-order valence-corrected chi connectivity index (χ2v) is 2.74. The molecule has 15 heavy (non-hydrogen) atoms. The summed E-state index contributed by atoms with van der Waals surface area (Å²) in [5.41, 5.74) is 0.404. The molecule has 1 atom stereocenters. The Bertz CT molecular complexity index is 375. The first-order valence-corrected chi connectivity index (χ1v) is 4.29. The fourth-order valence-corrected chi connectivity index (χ4v) is 0.928. The molecule has 0 heterocycles. The SMILES string of the molecule is O=C(OCC(O)C#CO)c1ccccc1.